The Morgan fingerprint density at radius 3 is 2.53 bits per heavy atom. The highest BCUT2D eigenvalue weighted by atomic mass is 15.1. The molecule has 0 bridgehead atoms. The van der Waals surface area contributed by atoms with Crippen molar-refractivity contribution < 1.29 is 0 Å². The number of piperidine rings is 1. The normalized spacial score (nSPS) is 26.4. The molecular formula is C16H33N3. The van der Waals surface area contributed by atoms with Crippen LogP contribution in [0.2, 0.25) is 0 Å². The Balaban J connectivity index is 1.49. The van der Waals surface area contributed by atoms with E-state index in [0.717, 1.165) is 18.6 Å². The number of likely N-dealkylation sites (N-methyl/N-ethyl adjacent to an activating group) is 1. The monoisotopic (exact) mass is 267 g/mol. The molecule has 19 heavy (non-hydrogen) atoms. The van der Waals surface area contributed by atoms with Gasteiger partial charge in [0.05, 0.1) is 0 Å². The number of nitrogens with zero attached hydrogens (tertiary/aromatic N) is 2. The maximum absolute atomic E-state index is 3.64. The molecule has 1 N–H and O–H groups in total. The van der Waals surface area contributed by atoms with Gasteiger partial charge < -0.3 is 15.1 Å². The summed E-state index contributed by atoms with van der Waals surface area (Å²) in [4.78, 5) is 5.11. The summed E-state index contributed by atoms with van der Waals surface area (Å²) in [5, 5.41) is 3.64. The average Bonchev–Trinajstić information content (AvgIpc) is 2.94. The first-order valence-electron chi connectivity index (χ1n) is 8.38. The van der Waals surface area contributed by atoms with Crippen molar-refractivity contribution in [2.45, 2.75) is 63.5 Å². The Kier molecular flexibility index (Phi) is 6.62. The summed E-state index contributed by atoms with van der Waals surface area (Å²) in [5.41, 5.74) is 0. The molecule has 2 aliphatic rings. The molecule has 1 atom stereocenters. The third-order valence-corrected chi connectivity index (χ3v) is 5.17. The van der Waals surface area contributed by atoms with E-state index < -0.39 is 0 Å². The molecule has 1 heterocycles. The summed E-state index contributed by atoms with van der Waals surface area (Å²) in [6.45, 7) is 4.86. The highest BCUT2D eigenvalue weighted by molar-refractivity contribution is 4.77. The zero-order valence-corrected chi connectivity index (χ0v) is 13.0. The lowest BCUT2D eigenvalue weighted by atomic mass is 10.0. The molecule has 2 fully saturated rings. The number of hydrogen-bond donors (Lipinski definition) is 1. The zero-order valence-electron chi connectivity index (χ0n) is 13.0. The predicted octanol–water partition coefficient (Wildman–Crippen LogP) is 2.32. The molecule has 1 saturated carbocycles. The molecule has 1 aliphatic heterocycles. The molecule has 0 radical (unpaired) electrons. The maximum atomic E-state index is 3.64. The van der Waals surface area contributed by atoms with E-state index in [1.54, 1.807) is 0 Å². The van der Waals surface area contributed by atoms with Gasteiger partial charge >= 0.3 is 0 Å². The van der Waals surface area contributed by atoms with Crippen molar-refractivity contribution >= 4 is 0 Å². The predicted molar refractivity (Wildman–Crippen MR) is 82.6 cm³/mol. The Bertz CT molecular complexity index is 238. The molecule has 1 saturated heterocycles. The van der Waals surface area contributed by atoms with Crippen molar-refractivity contribution in [3.63, 3.8) is 0 Å². The highest BCUT2D eigenvalue weighted by Gasteiger charge is 2.19. The molecule has 0 aromatic carbocycles. The molecule has 3 heteroatoms. The fraction of sp³-hybridized carbons (Fsp3) is 1.00. The van der Waals surface area contributed by atoms with Crippen molar-refractivity contribution in [3.8, 4) is 0 Å². The number of nitrogens with one attached hydrogen (secondary N) is 1. The van der Waals surface area contributed by atoms with Crippen LogP contribution in [0.4, 0.5) is 0 Å². The van der Waals surface area contributed by atoms with E-state index in [2.05, 4.69) is 29.2 Å². The van der Waals surface area contributed by atoms with E-state index in [1.165, 1.54) is 71.0 Å². The van der Waals surface area contributed by atoms with Crippen molar-refractivity contribution in [2.75, 3.05) is 40.3 Å². The fourth-order valence-electron chi connectivity index (χ4n) is 3.69. The third kappa shape index (κ3) is 5.05. The van der Waals surface area contributed by atoms with E-state index in [0.29, 0.717) is 0 Å². The Morgan fingerprint density at radius 2 is 1.79 bits per heavy atom. The van der Waals surface area contributed by atoms with Crippen LogP contribution in [0.3, 0.4) is 0 Å². The van der Waals surface area contributed by atoms with Gasteiger partial charge in [-0.15, -0.1) is 0 Å². The smallest absolute Gasteiger partial charge is 0.0107 e. The molecule has 0 aromatic heterocycles. The minimum absolute atomic E-state index is 0.828. The topological polar surface area (TPSA) is 18.5 Å². The summed E-state index contributed by atoms with van der Waals surface area (Å²) in [5.74, 6) is 0. The van der Waals surface area contributed by atoms with Crippen LogP contribution < -0.4 is 5.32 Å². The minimum Gasteiger partial charge on any atom is -0.315 e. The molecule has 1 aliphatic carbocycles. The van der Waals surface area contributed by atoms with Crippen molar-refractivity contribution in [3.05, 3.63) is 0 Å². The molecule has 0 amide bonds. The lowest BCUT2D eigenvalue weighted by Gasteiger charge is -2.32. The molecule has 2 rings (SSSR count). The molecule has 1 unspecified atom stereocenters. The van der Waals surface area contributed by atoms with Crippen LogP contribution in [0.5, 0.6) is 0 Å². The van der Waals surface area contributed by atoms with Crippen LogP contribution >= 0.6 is 0 Å². The van der Waals surface area contributed by atoms with Crippen LogP contribution in [0.15, 0.2) is 0 Å². The lowest BCUT2D eigenvalue weighted by molar-refractivity contribution is 0.174. The van der Waals surface area contributed by atoms with Gasteiger partial charge in [0.15, 0.2) is 0 Å². The summed E-state index contributed by atoms with van der Waals surface area (Å²) in [6, 6.07) is 1.69. The first-order chi connectivity index (χ1) is 9.27. The van der Waals surface area contributed by atoms with E-state index in [1.807, 2.05) is 0 Å². The first-order valence-corrected chi connectivity index (χ1v) is 8.38. The summed E-state index contributed by atoms with van der Waals surface area (Å²) in [7, 11) is 4.59. The zero-order chi connectivity index (χ0) is 13.5. The molecule has 3 nitrogen and oxygen atoms in total. The second-order valence-electron chi connectivity index (χ2n) is 6.59. The number of rotatable bonds is 7. The summed E-state index contributed by atoms with van der Waals surface area (Å²) >= 11 is 0. The molecule has 0 spiro atoms. The maximum Gasteiger partial charge on any atom is 0.0107 e. The van der Waals surface area contributed by atoms with Crippen LogP contribution in [0.25, 0.3) is 0 Å². The lowest BCUT2D eigenvalue weighted by Crippen LogP contribution is -2.39. The van der Waals surface area contributed by atoms with Gasteiger partial charge in [0.1, 0.15) is 0 Å². The van der Waals surface area contributed by atoms with E-state index in [-0.39, 0.29) is 0 Å². The van der Waals surface area contributed by atoms with Gasteiger partial charge in [-0.2, -0.15) is 0 Å². The van der Waals surface area contributed by atoms with Gasteiger partial charge in [0, 0.05) is 25.2 Å². The van der Waals surface area contributed by atoms with E-state index >= 15 is 0 Å². The number of likely N-dealkylation sites (tertiary alicyclic amines) is 1. The molecule has 112 valence electrons. The minimum atomic E-state index is 0.828. The Hall–Kier alpha value is -0.120. The fourth-order valence-corrected chi connectivity index (χ4v) is 3.69. The van der Waals surface area contributed by atoms with Gasteiger partial charge in [-0.25, -0.2) is 0 Å². The van der Waals surface area contributed by atoms with Crippen LogP contribution in [0.1, 0.15) is 51.4 Å². The summed E-state index contributed by atoms with van der Waals surface area (Å²) < 4.78 is 0. The van der Waals surface area contributed by atoms with Crippen molar-refractivity contribution in [1.29, 1.82) is 0 Å². The third-order valence-electron chi connectivity index (χ3n) is 5.17. The Labute approximate surface area is 119 Å². The van der Waals surface area contributed by atoms with E-state index in [9.17, 15) is 0 Å². The average molecular weight is 267 g/mol. The largest absolute Gasteiger partial charge is 0.315 e. The van der Waals surface area contributed by atoms with Gasteiger partial charge in [0.25, 0.3) is 0 Å². The number of hydrogen-bond acceptors (Lipinski definition) is 3. The highest BCUT2D eigenvalue weighted by Crippen LogP contribution is 2.21. The second kappa shape index (κ2) is 8.23. The van der Waals surface area contributed by atoms with Gasteiger partial charge in [-0.05, 0) is 59.3 Å². The second-order valence-corrected chi connectivity index (χ2v) is 6.59. The first kappa shape index (κ1) is 15.3. The van der Waals surface area contributed by atoms with Gasteiger partial charge in [0.2, 0.25) is 0 Å². The van der Waals surface area contributed by atoms with Crippen LogP contribution in [-0.4, -0.2) is 62.2 Å². The molecule has 0 aromatic rings. The van der Waals surface area contributed by atoms with Gasteiger partial charge in [-0.3, -0.25) is 0 Å². The van der Waals surface area contributed by atoms with Crippen molar-refractivity contribution in [2.24, 2.45) is 0 Å². The van der Waals surface area contributed by atoms with E-state index in [4.69, 9.17) is 0 Å². The molecular weight excluding hydrogens is 234 g/mol. The van der Waals surface area contributed by atoms with Crippen molar-refractivity contribution in [1.82, 2.24) is 15.1 Å². The Morgan fingerprint density at radius 1 is 1.05 bits per heavy atom. The SMILES string of the molecule is CN1CCCCC1CCNCCN(C)C1CCCC1. The quantitative estimate of drug-likeness (QED) is 0.714. The summed E-state index contributed by atoms with van der Waals surface area (Å²) in [6.07, 6.45) is 11.3. The standard InChI is InChI=1S/C16H33N3/c1-18-13-6-5-9-16(18)10-11-17-12-14-19(2)15-7-3-4-8-15/h15-17H,3-14H2,1-2H3. The van der Waals surface area contributed by atoms with Crippen LogP contribution in [-0.2, 0) is 0 Å². The van der Waals surface area contributed by atoms with Crippen LogP contribution in [0, 0.1) is 0 Å². The van der Waals surface area contributed by atoms with Gasteiger partial charge in [-0.1, -0.05) is 19.3 Å².